The number of nitrogens with one attached hydrogen (secondary N) is 1. The molecule has 1 heterocycles. The summed E-state index contributed by atoms with van der Waals surface area (Å²) in [7, 11) is 0. The van der Waals surface area contributed by atoms with Gasteiger partial charge < -0.3 is 11.1 Å². The van der Waals surface area contributed by atoms with Crippen LogP contribution in [0.5, 0.6) is 0 Å². The molecular formula is C17H16BrClN2. The van der Waals surface area contributed by atoms with E-state index in [4.69, 9.17) is 5.73 Å². The molecule has 1 aliphatic rings. The molecule has 4 heteroatoms. The summed E-state index contributed by atoms with van der Waals surface area (Å²) in [6.45, 7) is 1.67. The number of hydrogen-bond donors (Lipinski definition) is 2. The Labute approximate surface area is 138 Å². The zero-order chi connectivity index (χ0) is 13.7. The van der Waals surface area contributed by atoms with Gasteiger partial charge in [-0.2, -0.15) is 0 Å². The van der Waals surface area contributed by atoms with Gasteiger partial charge >= 0.3 is 0 Å². The van der Waals surface area contributed by atoms with Crippen LogP contribution in [-0.4, -0.2) is 13.1 Å². The smallest absolute Gasteiger partial charge is 0.0674 e. The van der Waals surface area contributed by atoms with Crippen LogP contribution < -0.4 is 11.1 Å². The molecule has 3 aromatic rings. The molecule has 0 aromatic heterocycles. The van der Waals surface area contributed by atoms with E-state index in [9.17, 15) is 0 Å². The first kappa shape index (κ1) is 14.8. The van der Waals surface area contributed by atoms with Crippen molar-refractivity contribution in [1.82, 2.24) is 5.32 Å². The number of rotatable bonds is 1. The fourth-order valence-electron chi connectivity index (χ4n) is 3.18. The third-order valence-electron chi connectivity index (χ3n) is 4.24. The van der Waals surface area contributed by atoms with Gasteiger partial charge in [-0.15, -0.1) is 12.4 Å². The highest BCUT2D eigenvalue weighted by Gasteiger charge is 2.37. The van der Waals surface area contributed by atoms with Crippen LogP contribution in [-0.2, 0) is 5.54 Å². The van der Waals surface area contributed by atoms with Crippen molar-refractivity contribution < 1.29 is 0 Å². The van der Waals surface area contributed by atoms with Crippen LogP contribution in [0.25, 0.3) is 21.5 Å². The van der Waals surface area contributed by atoms with E-state index in [1.807, 2.05) is 0 Å². The summed E-state index contributed by atoms with van der Waals surface area (Å²) >= 11 is 3.77. The zero-order valence-electron chi connectivity index (χ0n) is 11.4. The second-order valence-electron chi connectivity index (χ2n) is 5.54. The monoisotopic (exact) mass is 362 g/mol. The molecule has 0 aliphatic carbocycles. The molecule has 1 aliphatic heterocycles. The Balaban J connectivity index is 0.00000132. The van der Waals surface area contributed by atoms with Gasteiger partial charge in [0.15, 0.2) is 0 Å². The molecule has 0 unspecified atom stereocenters. The lowest BCUT2D eigenvalue weighted by atomic mass is 9.79. The van der Waals surface area contributed by atoms with Crippen molar-refractivity contribution in [2.24, 2.45) is 5.73 Å². The van der Waals surface area contributed by atoms with Gasteiger partial charge in [0.05, 0.1) is 5.54 Å². The van der Waals surface area contributed by atoms with Crippen LogP contribution in [0.2, 0.25) is 0 Å². The lowest BCUT2D eigenvalue weighted by molar-refractivity contribution is 0.291. The highest BCUT2D eigenvalue weighted by Crippen LogP contribution is 2.41. The van der Waals surface area contributed by atoms with Crippen molar-refractivity contribution in [3.63, 3.8) is 0 Å². The predicted octanol–water partition coefficient (Wildman–Crippen LogP) is 3.93. The van der Waals surface area contributed by atoms with E-state index in [0.717, 1.165) is 17.6 Å². The maximum Gasteiger partial charge on any atom is 0.0674 e. The second kappa shape index (κ2) is 5.25. The molecule has 0 atom stereocenters. The molecule has 1 saturated heterocycles. The minimum Gasteiger partial charge on any atom is -0.319 e. The Hall–Kier alpha value is -1.13. The molecule has 108 valence electrons. The molecule has 0 saturated carbocycles. The number of fused-ring (bicyclic) bond motifs is 2. The average Bonchev–Trinajstić information content (AvgIpc) is 2.46. The zero-order valence-corrected chi connectivity index (χ0v) is 13.8. The fraction of sp³-hybridized carbons (Fsp3) is 0.176. The summed E-state index contributed by atoms with van der Waals surface area (Å²) in [5, 5.41) is 8.28. The standard InChI is InChI=1S/C17H15BrN2.ClH/c18-16-13-7-3-1-5-11(13)15(17(19)9-20-10-17)12-6-2-4-8-14(12)16;/h1-8,20H,9-10,19H2;1H. The number of benzene rings is 3. The first-order valence-electron chi connectivity index (χ1n) is 6.80. The minimum absolute atomic E-state index is 0. The predicted molar refractivity (Wildman–Crippen MR) is 95.1 cm³/mol. The molecule has 2 nitrogen and oxygen atoms in total. The van der Waals surface area contributed by atoms with Crippen molar-refractivity contribution in [2.45, 2.75) is 5.54 Å². The van der Waals surface area contributed by atoms with Crippen molar-refractivity contribution in [2.75, 3.05) is 13.1 Å². The molecule has 21 heavy (non-hydrogen) atoms. The molecule has 4 rings (SSSR count). The maximum absolute atomic E-state index is 6.63. The average molecular weight is 364 g/mol. The van der Waals surface area contributed by atoms with Crippen molar-refractivity contribution >= 4 is 49.9 Å². The third kappa shape index (κ3) is 2.08. The van der Waals surface area contributed by atoms with Gasteiger partial charge in [0.1, 0.15) is 0 Å². The van der Waals surface area contributed by atoms with E-state index < -0.39 is 0 Å². The Bertz CT molecular complexity index is 770. The molecular weight excluding hydrogens is 348 g/mol. The molecule has 0 bridgehead atoms. The molecule has 0 radical (unpaired) electrons. The van der Waals surface area contributed by atoms with Crippen LogP contribution in [0.1, 0.15) is 5.56 Å². The van der Waals surface area contributed by atoms with E-state index in [1.165, 1.54) is 27.1 Å². The summed E-state index contributed by atoms with van der Waals surface area (Å²) in [5.41, 5.74) is 7.63. The Morgan fingerprint density at radius 1 is 0.857 bits per heavy atom. The second-order valence-corrected chi connectivity index (χ2v) is 6.33. The van der Waals surface area contributed by atoms with E-state index in [-0.39, 0.29) is 17.9 Å². The fourth-order valence-corrected chi connectivity index (χ4v) is 3.87. The minimum atomic E-state index is -0.264. The van der Waals surface area contributed by atoms with Gasteiger partial charge in [-0.3, -0.25) is 0 Å². The summed E-state index contributed by atoms with van der Waals surface area (Å²) in [5.74, 6) is 0. The topological polar surface area (TPSA) is 38.0 Å². The Morgan fingerprint density at radius 3 is 1.67 bits per heavy atom. The van der Waals surface area contributed by atoms with E-state index in [1.54, 1.807) is 0 Å². The lowest BCUT2D eigenvalue weighted by Crippen LogP contribution is -2.62. The third-order valence-corrected chi connectivity index (χ3v) is 5.10. The Morgan fingerprint density at radius 2 is 1.29 bits per heavy atom. The molecule has 3 N–H and O–H groups in total. The molecule has 1 fully saturated rings. The van der Waals surface area contributed by atoms with Gasteiger partial charge in [0.25, 0.3) is 0 Å². The first-order valence-corrected chi connectivity index (χ1v) is 7.59. The van der Waals surface area contributed by atoms with Crippen LogP contribution in [0.3, 0.4) is 0 Å². The molecule has 0 amide bonds. The van der Waals surface area contributed by atoms with Crippen LogP contribution in [0.4, 0.5) is 0 Å². The Kier molecular flexibility index (Phi) is 3.70. The van der Waals surface area contributed by atoms with Crippen LogP contribution in [0.15, 0.2) is 53.0 Å². The maximum atomic E-state index is 6.63. The molecule has 3 aromatic carbocycles. The number of nitrogens with two attached hydrogens (primary N) is 1. The highest BCUT2D eigenvalue weighted by atomic mass is 79.9. The van der Waals surface area contributed by atoms with Crippen LogP contribution >= 0.6 is 28.3 Å². The SMILES string of the molecule is Cl.NC1(c2c3ccccc3c(Br)c3ccccc23)CNC1. The van der Waals surface area contributed by atoms with Gasteiger partial charge in [0.2, 0.25) is 0 Å². The first-order chi connectivity index (χ1) is 9.71. The number of halogens is 2. The van der Waals surface area contributed by atoms with Gasteiger partial charge in [-0.25, -0.2) is 0 Å². The van der Waals surface area contributed by atoms with Crippen molar-refractivity contribution in [3.05, 3.63) is 58.6 Å². The van der Waals surface area contributed by atoms with E-state index >= 15 is 0 Å². The highest BCUT2D eigenvalue weighted by molar-refractivity contribution is 9.10. The summed E-state index contributed by atoms with van der Waals surface area (Å²) in [6.07, 6.45) is 0. The van der Waals surface area contributed by atoms with Crippen LogP contribution in [0, 0.1) is 0 Å². The van der Waals surface area contributed by atoms with Gasteiger partial charge in [-0.1, -0.05) is 48.5 Å². The summed E-state index contributed by atoms with van der Waals surface area (Å²) < 4.78 is 1.16. The van der Waals surface area contributed by atoms with Gasteiger partial charge in [-0.05, 0) is 43.0 Å². The largest absolute Gasteiger partial charge is 0.319 e. The summed E-state index contributed by atoms with van der Waals surface area (Å²) in [4.78, 5) is 0. The molecule has 0 spiro atoms. The normalized spacial score (nSPS) is 16.5. The quantitative estimate of drug-likeness (QED) is 0.643. The van der Waals surface area contributed by atoms with E-state index in [2.05, 4.69) is 69.8 Å². The lowest BCUT2D eigenvalue weighted by Gasteiger charge is -2.41. The summed E-state index contributed by atoms with van der Waals surface area (Å²) in [6, 6.07) is 17.0. The van der Waals surface area contributed by atoms with Crippen molar-refractivity contribution in [3.8, 4) is 0 Å². The number of hydrogen-bond acceptors (Lipinski definition) is 2. The van der Waals surface area contributed by atoms with Gasteiger partial charge in [0, 0.05) is 17.6 Å². The van der Waals surface area contributed by atoms with Crippen molar-refractivity contribution in [1.29, 1.82) is 0 Å². The van der Waals surface area contributed by atoms with E-state index in [0.29, 0.717) is 0 Å².